The maximum atomic E-state index is 11.8. The molecule has 120 valence electrons. The SMILES string of the molecule is O=C(COc1ccc(Br)cc1C=NO)NCCc1ccccc1. The van der Waals surface area contributed by atoms with Gasteiger partial charge in [-0.15, -0.1) is 0 Å². The van der Waals surface area contributed by atoms with Crippen LogP contribution in [0.3, 0.4) is 0 Å². The Labute approximate surface area is 143 Å². The Hall–Kier alpha value is -2.34. The third kappa shape index (κ3) is 5.75. The fourth-order valence-electron chi connectivity index (χ4n) is 2.00. The number of oxime groups is 1. The number of amides is 1. The van der Waals surface area contributed by atoms with Crippen molar-refractivity contribution in [3.63, 3.8) is 0 Å². The van der Waals surface area contributed by atoms with E-state index in [-0.39, 0.29) is 12.5 Å². The van der Waals surface area contributed by atoms with E-state index in [9.17, 15) is 4.79 Å². The highest BCUT2D eigenvalue weighted by Crippen LogP contribution is 2.21. The number of halogens is 1. The summed E-state index contributed by atoms with van der Waals surface area (Å²) in [4.78, 5) is 11.8. The van der Waals surface area contributed by atoms with E-state index in [1.165, 1.54) is 11.8 Å². The van der Waals surface area contributed by atoms with Crippen LogP contribution in [0.2, 0.25) is 0 Å². The molecule has 2 rings (SSSR count). The highest BCUT2D eigenvalue weighted by Gasteiger charge is 2.06. The number of carbonyl (C=O) groups is 1. The molecule has 0 aliphatic rings. The van der Waals surface area contributed by atoms with Gasteiger partial charge in [-0.05, 0) is 30.2 Å². The van der Waals surface area contributed by atoms with E-state index >= 15 is 0 Å². The molecule has 2 N–H and O–H groups in total. The summed E-state index contributed by atoms with van der Waals surface area (Å²) in [5.74, 6) is 0.278. The molecule has 0 unspecified atom stereocenters. The molecule has 0 saturated carbocycles. The molecule has 2 aromatic carbocycles. The van der Waals surface area contributed by atoms with Crippen LogP contribution in [0.4, 0.5) is 0 Å². The second kappa shape index (κ2) is 8.95. The molecule has 0 aliphatic heterocycles. The van der Waals surface area contributed by atoms with Crippen molar-refractivity contribution < 1.29 is 14.7 Å². The molecule has 0 radical (unpaired) electrons. The van der Waals surface area contributed by atoms with Crippen LogP contribution in [0.5, 0.6) is 5.75 Å². The standard InChI is InChI=1S/C17H17BrN2O3/c18-15-6-7-16(14(10-15)11-20-22)23-12-17(21)19-9-8-13-4-2-1-3-5-13/h1-7,10-11,22H,8-9,12H2,(H,19,21). The number of nitrogens with one attached hydrogen (secondary N) is 1. The van der Waals surface area contributed by atoms with E-state index in [2.05, 4.69) is 26.4 Å². The average molecular weight is 377 g/mol. The van der Waals surface area contributed by atoms with Gasteiger partial charge in [0.2, 0.25) is 0 Å². The number of rotatable bonds is 7. The zero-order chi connectivity index (χ0) is 16.5. The summed E-state index contributed by atoms with van der Waals surface area (Å²) in [7, 11) is 0. The molecule has 0 heterocycles. The summed E-state index contributed by atoms with van der Waals surface area (Å²) >= 11 is 3.32. The topological polar surface area (TPSA) is 70.9 Å². The van der Waals surface area contributed by atoms with Crippen molar-refractivity contribution in [1.29, 1.82) is 0 Å². The van der Waals surface area contributed by atoms with Crippen LogP contribution < -0.4 is 10.1 Å². The summed E-state index contributed by atoms with van der Waals surface area (Å²) in [6, 6.07) is 15.2. The first kappa shape index (κ1) is 17.0. The van der Waals surface area contributed by atoms with Gasteiger partial charge >= 0.3 is 0 Å². The van der Waals surface area contributed by atoms with E-state index < -0.39 is 0 Å². The predicted molar refractivity (Wildman–Crippen MR) is 92.2 cm³/mol. The third-order valence-corrected chi connectivity index (χ3v) is 3.60. The smallest absolute Gasteiger partial charge is 0.257 e. The Morgan fingerprint density at radius 3 is 2.78 bits per heavy atom. The van der Waals surface area contributed by atoms with Crippen molar-refractivity contribution in [2.24, 2.45) is 5.16 Å². The number of hydrogen-bond donors (Lipinski definition) is 2. The van der Waals surface area contributed by atoms with Crippen molar-refractivity contribution in [2.75, 3.05) is 13.2 Å². The lowest BCUT2D eigenvalue weighted by Gasteiger charge is -2.10. The minimum atomic E-state index is -0.198. The Morgan fingerprint density at radius 2 is 2.04 bits per heavy atom. The summed E-state index contributed by atoms with van der Waals surface area (Å²) in [5.41, 5.74) is 1.75. The summed E-state index contributed by atoms with van der Waals surface area (Å²) < 4.78 is 6.30. The molecule has 0 aromatic heterocycles. The normalized spacial score (nSPS) is 10.7. The van der Waals surface area contributed by atoms with Gasteiger partial charge in [0.1, 0.15) is 5.75 Å². The quantitative estimate of drug-likeness (QED) is 0.443. The van der Waals surface area contributed by atoms with Crippen LogP contribution in [-0.4, -0.2) is 30.5 Å². The Balaban J connectivity index is 1.80. The molecular formula is C17H17BrN2O3. The van der Waals surface area contributed by atoms with Crippen molar-refractivity contribution in [2.45, 2.75) is 6.42 Å². The zero-order valence-electron chi connectivity index (χ0n) is 12.4. The summed E-state index contributed by atoms with van der Waals surface area (Å²) in [5, 5.41) is 14.5. The van der Waals surface area contributed by atoms with Crippen LogP contribution in [0.1, 0.15) is 11.1 Å². The number of carbonyl (C=O) groups excluding carboxylic acids is 1. The van der Waals surface area contributed by atoms with Crippen molar-refractivity contribution in [3.05, 3.63) is 64.1 Å². The van der Waals surface area contributed by atoms with Gasteiger partial charge in [-0.1, -0.05) is 51.4 Å². The summed E-state index contributed by atoms with van der Waals surface area (Å²) in [6.07, 6.45) is 2.03. The number of nitrogens with zero attached hydrogens (tertiary/aromatic N) is 1. The van der Waals surface area contributed by atoms with Gasteiger partial charge in [0, 0.05) is 16.6 Å². The fraction of sp³-hybridized carbons (Fsp3) is 0.176. The minimum Gasteiger partial charge on any atom is -0.483 e. The van der Waals surface area contributed by atoms with E-state index in [0.29, 0.717) is 17.9 Å². The molecule has 0 atom stereocenters. The maximum absolute atomic E-state index is 11.8. The van der Waals surface area contributed by atoms with E-state index in [4.69, 9.17) is 9.94 Å². The molecular weight excluding hydrogens is 360 g/mol. The van der Waals surface area contributed by atoms with Gasteiger partial charge in [-0.3, -0.25) is 4.79 Å². The largest absolute Gasteiger partial charge is 0.483 e. The van der Waals surface area contributed by atoms with Crippen molar-refractivity contribution in [3.8, 4) is 5.75 Å². The molecule has 1 amide bonds. The molecule has 23 heavy (non-hydrogen) atoms. The first-order valence-electron chi connectivity index (χ1n) is 7.09. The third-order valence-electron chi connectivity index (χ3n) is 3.11. The lowest BCUT2D eigenvalue weighted by Crippen LogP contribution is -2.30. The lowest BCUT2D eigenvalue weighted by atomic mass is 10.1. The van der Waals surface area contributed by atoms with Crippen LogP contribution in [0.15, 0.2) is 58.2 Å². The first-order chi connectivity index (χ1) is 11.2. The molecule has 2 aromatic rings. The van der Waals surface area contributed by atoms with Crippen molar-refractivity contribution >= 4 is 28.1 Å². The van der Waals surface area contributed by atoms with Gasteiger partial charge < -0.3 is 15.3 Å². The molecule has 0 saturated heterocycles. The maximum Gasteiger partial charge on any atom is 0.257 e. The Bertz CT molecular complexity index is 675. The fourth-order valence-corrected chi connectivity index (χ4v) is 2.38. The lowest BCUT2D eigenvalue weighted by molar-refractivity contribution is -0.123. The second-order valence-corrected chi connectivity index (χ2v) is 5.72. The Kier molecular flexibility index (Phi) is 6.62. The van der Waals surface area contributed by atoms with Crippen LogP contribution in [0, 0.1) is 0 Å². The van der Waals surface area contributed by atoms with Gasteiger partial charge in [0.05, 0.1) is 6.21 Å². The van der Waals surface area contributed by atoms with Gasteiger partial charge in [-0.2, -0.15) is 0 Å². The highest BCUT2D eigenvalue weighted by molar-refractivity contribution is 9.10. The highest BCUT2D eigenvalue weighted by atomic mass is 79.9. The number of ether oxygens (including phenoxy) is 1. The second-order valence-electron chi connectivity index (χ2n) is 4.80. The van der Waals surface area contributed by atoms with Gasteiger partial charge in [-0.25, -0.2) is 0 Å². The predicted octanol–water partition coefficient (Wildman–Crippen LogP) is 2.99. The number of hydrogen-bond acceptors (Lipinski definition) is 4. The van der Waals surface area contributed by atoms with Crippen LogP contribution in [-0.2, 0) is 11.2 Å². The molecule has 0 fully saturated rings. The molecule has 0 spiro atoms. The van der Waals surface area contributed by atoms with Crippen LogP contribution >= 0.6 is 15.9 Å². The zero-order valence-corrected chi connectivity index (χ0v) is 14.0. The van der Waals surface area contributed by atoms with Gasteiger partial charge in [0.15, 0.2) is 6.61 Å². The van der Waals surface area contributed by atoms with Gasteiger partial charge in [0.25, 0.3) is 5.91 Å². The molecule has 5 nitrogen and oxygen atoms in total. The monoisotopic (exact) mass is 376 g/mol. The molecule has 6 heteroatoms. The van der Waals surface area contributed by atoms with Crippen molar-refractivity contribution in [1.82, 2.24) is 5.32 Å². The molecule has 0 bridgehead atoms. The van der Waals surface area contributed by atoms with Crippen LogP contribution in [0.25, 0.3) is 0 Å². The number of benzene rings is 2. The molecule has 0 aliphatic carbocycles. The van der Waals surface area contributed by atoms with E-state index in [1.807, 2.05) is 30.3 Å². The summed E-state index contributed by atoms with van der Waals surface area (Å²) in [6.45, 7) is 0.459. The minimum absolute atomic E-state index is 0.0946. The first-order valence-corrected chi connectivity index (χ1v) is 7.89. The average Bonchev–Trinajstić information content (AvgIpc) is 2.55. The van der Waals surface area contributed by atoms with E-state index in [1.54, 1.807) is 18.2 Å². The van der Waals surface area contributed by atoms with E-state index in [0.717, 1.165) is 10.9 Å². The Morgan fingerprint density at radius 1 is 1.26 bits per heavy atom.